The van der Waals surface area contributed by atoms with Crippen LogP contribution in [-0.4, -0.2) is 49.6 Å². The van der Waals surface area contributed by atoms with Crippen LogP contribution in [0.2, 0.25) is 0 Å². The first-order valence-electron chi connectivity index (χ1n) is 11.0. The smallest absolute Gasteiger partial charge is 0.233 e. The Morgan fingerprint density at radius 1 is 1.14 bits per heavy atom. The molecule has 1 N–H and O–H groups in total. The molecule has 0 unspecified atom stereocenters. The fraction of sp³-hybridized carbons (Fsp3) is 0.652. The van der Waals surface area contributed by atoms with Crippen LogP contribution >= 0.6 is 15.9 Å². The van der Waals surface area contributed by atoms with E-state index in [4.69, 9.17) is 4.74 Å². The molecular formula is C23H33BrN2O3. The molecule has 1 aromatic carbocycles. The van der Waals surface area contributed by atoms with Gasteiger partial charge in [0.05, 0.1) is 5.41 Å². The lowest BCUT2D eigenvalue weighted by atomic mass is 9.72. The lowest BCUT2D eigenvalue weighted by molar-refractivity contribution is -0.144. The van der Waals surface area contributed by atoms with Crippen LogP contribution in [0.3, 0.4) is 0 Å². The molecule has 5 nitrogen and oxygen atoms in total. The van der Waals surface area contributed by atoms with Gasteiger partial charge in [-0.3, -0.25) is 9.59 Å². The Hall–Kier alpha value is -1.40. The minimum atomic E-state index is -0.506. The molecule has 29 heavy (non-hydrogen) atoms. The molecule has 2 heterocycles. The van der Waals surface area contributed by atoms with Crippen LogP contribution in [0.25, 0.3) is 0 Å². The number of nitrogens with zero attached hydrogens (tertiary/aromatic N) is 1. The van der Waals surface area contributed by atoms with Gasteiger partial charge in [0.15, 0.2) is 0 Å². The quantitative estimate of drug-likeness (QED) is 0.619. The Balaban J connectivity index is 1.62. The summed E-state index contributed by atoms with van der Waals surface area (Å²) in [6.45, 7) is 5.46. The molecule has 1 aromatic rings. The average Bonchev–Trinajstić information content (AvgIpc) is 2.77. The first-order chi connectivity index (χ1) is 14.1. The topological polar surface area (TPSA) is 58.6 Å². The number of hydrogen-bond acceptors (Lipinski definition) is 3. The van der Waals surface area contributed by atoms with Crippen molar-refractivity contribution in [1.29, 1.82) is 0 Å². The van der Waals surface area contributed by atoms with E-state index in [1.54, 1.807) is 0 Å². The number of piperidine rings is 1. The highest BCUT2D eigenvalue weighted by Gasteiger charge is 2.44. The molecule has 0 saturated carbocycles. The highest BCUT2D eigenvalue weighted by Crippen LogP contribution is 2.38. The standard InChI is InChI=1S/C23H33BrN2O3/c1-2-3-4-13-25-21(27)18-9-14-26(15-10-18)22(28)23(11-16-29-17-12-23)19-5-7-20(24)8-6-19/h5-8,18H,2-4,9-17H2,1H3,(H,25,27). The number of amides is 2. The van der Waals surface area contributed by atoms with Crippen molar-refractivity contribution in [2.45, 2.75) is 57.3 Å². The first kappa shape index (κ1) is 22.3. The second-order valence-corrected chi connectivity index (χ2v) is 9.18. The molecule has 160 valence electrons. The van der Waals surface area contributed by atoms with Crippen molar-refractivity contribution < 1.29 is 14.3 Å². The van der Waals surface area contributed by atoms with Crippen molar-refractivity contribution in [2.75, 3.05) is 32.8 Å². The van der Waals surface area contributed by atoms with E-state index >= 15 is 0 Å². The number of carbonyl (C=O) groups excluding carboxylic acids is 2. The Kier molecular flexibility index (Phi) is 8.13. The van der Waals surface area contributed by atoms with Gasteiger partial charge in [0, 0.05) is 43.2 Å². The molecule has 0 aromatic heterocycles. The van der Waals surface area contributed by atoms with E-state index in [0.717, 1.165) is 48.7 Å². The van der Waals surface area contributed by atoms with Crippen molar-refractivity contribution in [3.05, 3.63) is 34.3 Å². The first-order valence-corrected chi connectivity index (χ1v) is 11.8. The van der Waals surface area contributed by atoms with Crippen molar-refractivity contribution in [1.82, 2.24) is 10.2 Å². The molecule has 3 rings (SSSR count). The number of halogens is 1. The number of ether oxygens (including phenoxy) is 1. The van der Waals surface area contributed by atoms with Gasteiger partial charge in [-0.1, -0.05) is 47.8 Å². The Morgan fingerprint density at radius 3 is 2.41 bits per heavy atom. The molecule has 2 fully saturated rings. The largest absolute Gasteiger partial charge is 0.381 e. The fourth-order valence-electron chi connectivity index (χ4n) is 4.49. The summed E-state index contributed by atoms with van der Waals surface area (Å²) in [6.07, 6.45) is 6.26. The van der Waals surface area contributed by atoms with Gasteiger partial charge < -0.3 is 15.0 Å². The van der Waals surface area contributed by atoms with Gasteiger partial charge in [-0.2, -0.15) is 0 Å². The molecule has 0 radical (unpaired) electrons. The van der Waals surface area contributed by atoms with E-state index in [2.05, 4.69) is 40.3 Å². The van der Waals surface area contributed by atoms with Gasteiger partial charge in [-0.25, -0.2) is 0 Å². The number of nitrogens with one attached hydrogen (secondary N) is 1. The molecule has 0 aliphatic carbocycles. The van der Waals surface area contributed by atoms with Gasteiger partial charge >= 0.3 is 0 Å². The highest BCUT2D eigenvalue weighted by atomic mass is 79.9. The number of unbranched alkanes of at least 4 members (excludes halogenated alkanes) is 2. The normalized spacial score (nSPS) is 19.7. The minimum absolute atomic E-state index is 0.0268. The van der Waals surface area contributed by atoms with Crippen molar-refractivity contribution >= 4 is 27.7 Å². The summed E-state index contributed by atoms with van der Waals surface area (Å²) >= 11 is 3.49. The maximum atomic E-state index is 13.6. The summed E-state index contributed by atoms with van der Waals surface area (Å²) in [4.78, 5) is 28.0. The Morgan fingerprint density at radius 2 is 1.79 bits per heavy atom. The van der Waals surface area contributed by atoms with E-state index in [0.29, 0.717) is 39.1 Å². The molecular weight excluding hydrogens is 432 g/mol. The monoisotopic (exact) mass is 464 g/mol. The van der Waals surface area contributed by atoms with E-state index in [9.17, 15) is 9.59 Å². The zero-order valence-corrected chi connectivity index (χ0v) is 19.0. The molecule has 6 heteroatoms. The van der Waals surface area contributed by atoms with Crippen LogP contribution in [0, 0.1) is 5.92 Å². The van der Waals surface area contributed by atoms with Gasteiger partial charge in [0.25, 0.3) is 0 Å². The van der Waals surface area contributed by atoms with Crippen molar-refractivity contribution in [3.8, 4) is 0 Å². The van der Waals surface area contributed by atoms with Crippen molar-refractivity contribution in [3.63, 3.8) is 0 Å². The average molecular weight is 465 g/mol. The van der Waals surface area contributed by atoms with E-state index in [1.807, 2.05) is 17.0 Å². The van der Waals surface area contributed by atoms with Crippen LogP contribution in [0.4, 0.5) is 0 Å². The van der Waals surface area contributed by atoms with Gasteiger partial charge in [0.1, 0.15) is 0 Å². The number of likely N-dealkylation sites (tertiary alicyclic amines) is 1. The van der Waals surface area contributed by atoms with Crippen LogP contribution < -0.4 is 5.32 Å². The number of hydrogen-bond donors (Lipinski definition) is 1. The molecule has 2 saturated heterocycles. The number of benzene rings is 1. The highest BCUT2D eigenvalue weighted by molar-refractivity contribution is 9.10. The molecule has 0 bridgehead atoms. The molecule has 0 atom stereocenters. The van der Waals surface area contributed by atoms with Crippen LogP contribution in [0.1, 0.15) is 57.4 Å². The summed E-state index contributed by atoms with van der Waals surface area (Å²) in [5, 5.41) is 3.07. The summed E-state index contributed by atoms with van der Waals surface area (Å²) in [6, 6.07) is 8.14. The second-order valence-electron chi connectivity index (χ2n) is 8.27. The third-order valence-corrected chi connectivity index (χ3v) is 6.91. The summed E-state index contributed by atoms with van der Waals surface area (Å²) in [5.74, 6) is 0.380. The summed E-state index contributed by atoms with van der Waals surface area (Å²) in [7, 11) is 0. The minimum Gasteiger partial charge on any atom is -0.381 e. The summed E-state index contributed by atoms with van der Waals surface area (Å²) < 4.78 is 6.59. The Labute approximate surface area is 182 Å². The maximum absolute atomic E-state index is 13.6. The lowest BCUT2D eigenvalue weighted by Crippen LogP contribution is -2.53. The van der Waals surface area contributed by atoms with E-state index in [1.165, 1.54) is 0 Å². The molecule has 0 spiro atoms. The third-order valence-electron chi connectivity index (χ3n) is 6.39. The Bertz CT molecular complexity index is 678. The zero-order chi connectivity index (χ0) is 20.7. The lowest BCUT2D eigenvalue weighted by Gasteiger charge is -2.42. The van der Waals surface area contributed by atoms with E-state index in [-0.39, 0.29) is 17.7 Å². The van der Waals surface area contributed by atoms with Gasteiger partial charge in [-0.05, 0) is 49.8 Å². The van der Waals surface area contributed by atoms with Crippen molar-refractivity contribution in [2.24, 2.45) is 5.92 Å². The van der Waals surface area contributed by atoms with Gasteiger partial charge in [0.2, 0.25) is 11.8 Å². The predicted molar refractivity (Wildman–Crippen MR) is 118 cm³/mol. The molecule has 2 aliphatic rings. The number of rotatable bonds is 7. The third kappa shape index (κ3) is 5.40. The van der Waals surface area contributed by atoms with Crippen LogP contribution in [0.15, 0.2) is 28.7 Å². The zero-order valence-electron chi connectivity index (χ0n) is 17.4. The summed E-state index contributed by atoms with van der Waals surface area (Å²) in [5.41, 5.74) is 0.568. The number of carbonyl (C=O) groups is 2. The van der Waals surface area contributed by atoms with Gasteiger partial charge in [-0.15, -0.1) is 0 Å². The van der Waals surface area contributed by atoms with Crippen LogP contribution in [-0.2, 0) is 19.7 Å². The van der Waals surface area contributed by atoms with Crippen LogP contribution in [0.5, 0.6) is 0 Å². The maximum Gasteiger partial charge on any atom is 0.233 e. The predicted octanol–water partition coefficient (Wildman–Crippen LogP) is 4.04. The molecule has 2 aliphatic heterocycles. The SMILES string of the molecule is CCCCCNC(=O)C1CCN(C(=O)C2(c3ccc(Br)cc3)CCOCC2)CC1. The van der Waals surface area contributed by atoms with E-state index < -0.39 is 5.41 Å². The fourth-order valence-corrected chi connectivity index (χ4v) is 4.76. The second kappa shape index (κ2) is 10.6. The molecule has 2 amide bonds.